The fourth-order valence-electron chi connectivity index (χ4n) is 2.73. The van der Waals surface area contributed by atoms with Gasteiger partial charge < -0.3 is 22.5 Å². The van der Waals surface area contributed by atoms with Gasteiger partial charge in [-0.2, -0.15) is 0 Å². The van der Waals surface area contributed by atoms with Crippen molar-refractivity contribution in [1.29, 1.82) is 0 Å². The van der Waals surface area contributed by atoms with Gasteiger partial charge >= 0.3 is 0 Å². The number of nitrogens with one attached hydrogen (secondary N) is 2. The molecule has 0 radical (unpaired) electrons. The van der Waals surface area contributed by atoms with Gasteiger partial charge in [-0.05, 0) is 19.4 Å². The van der Waals surface area contributed by atoms with E-state index in [1.807, 2.05) is 6.20 Å². The lowest BCUT2D eigenvalue weighted by atomic mass is 10.1. The van der Waals surface area contributed by atoms with Crippen LogP contribution in [-0.4, -0.2) is 24.4 Å². The van der Waals surface area contributed by atoms with Crippen LogP contribution >= 0.6 is 0 Å². The lowest BCUT2D eigenvalue weighted by molar-refractivity contribution is -0.677. The average molecular weight is 344 g/mol. The first-order valence-electron chi connectivity index (χ1n) is 9.01. The van der Waals surface area contributed by atoms with Crippen molar-refractivity contribution in [2.75, 3.05) is 13.1 Å². The van der Waals surface area contributed by atoms with Crippen molar-refractivity contribution >= 4 is 6.29 Å². The van der Waals surface area contributed by atoms with Gasteiger partial charge in [-0.1, -0.05) is 44.9 Å². The van der Waals surface area contributed by atoms with Crippen LogP contribution in [0, 0.1) is 0 Å². The number of carbonyl (C=O) groups is 1. The fourth-order valence-corrected chi connectivity index (χ4v) is 2.73. The number of aromatic amines is 1. The molecule has 0 aliphatic carbocycles. The zero-order chi connectivity index (χ0) is 15.9. The Morgan fingerprint density at radius 1 is 1.00 bits per heavy atom. The predicted molar refractivity (Wildman–Crippen MR) is 90.8 cm³/mol. The quantitative estimate of drug-likeness (QED) is 0.269. The molecular formula is C18H34ClN3O. The predicted octanol–water partition coefficient (Wildman–Crippen LogP) is 0.0752. The summed E-state index contributed by atoms with van der Waals surface area (Å²) >= 11 is 0. The van der Waals surface area contributed by atoms with Gasteiger partial charge in [0.25, 0.3) is 5.82 Å². The van der Waals surface area contributed by atoms with Crippen molar-refractivity contribution < 1.29 is 21.8 Å². The van der Waals surface area contributed by atoms with Gasteiger partial charge in [0, 0.05) is 13.0 Å². The van der Waals surface area contributed by atoms with Gasteiger partial charge in [-0.25, -0.2) is 9.55 Å². The number of unbranched alkanes of at least 4 members (excludes halogenated alkanes) is 9. The second kappa shape index (κ2) is 16.0. The van der Waals surface area contributed by atoms with Gasteiger partial charge in [-0.3, -0.25) is 0 Å². The molecule has 1 rings (SSSR count). The SMILES string of the molecule is C[n+]1cc[nH]c1CCNCCCCCCCCCCCC=O.[Cl-]. The summed E-state index contributed by atoms with van der Waals surface area (Å²) in [4.78, 5) is 13.4. The molecule has 0 unspecified atom stereocenters. The lowest BCUT2D eigenvalue weighted by Crippen LogP contribution is -3.00. The number of halogens is 1. The van der Waals surface area contributed by atoms with Crippen molar-refractivity contribution in [3.63, 3.8) is 0 Å². The van der Waals surface area contributed by atoms with E-state index < -0.39 is 0 Å². The summed E-state index contributed by atoms with van der Waals surface area (Å²) in [5.74, 6) is 1.28. The van der Waals surface area contributed by atoms with E-state index in [2.05, 4.69) is 28.1 Å². The maximum atomic E-state index is 10.2. The number of hydrogen-bond acceptors (Lipinski definition) is 2. The first kappa shape index (κ1) is 22.1. The molecule has 0 aromatic carbocycles. The first-order valence-corrected chi connectivity index (χ1v) is 9.01. The summed E-state index contributed by atoms with van der Waals surface area (Å²) < 4.78 is 2.14. The van der Waals surface area contributed by atoms with Crippen molar-refractivity contribution in [1.82, 2.24) is 10.3 Å². The molecule has 0 saturated heterocycles. The topological polar surface area (TPSA) is 48.8 Å². The van der Waals surface area contributed by atoms with E-state index >= 15 is 0 Å². The molecule has 4 nitrogen and oxygen atoms in total. The Hall–Kier alpha value is -0.870. The van der Waals surface area contributed by atoms with E-state index in [0.29, 0.717) is 0 Å². The van der Waals surface area contributed by atoms with E-state index in [1.165, 1.54) is 57.2 Å². The van der Waals surface area contributed by atoms with E-state index in [1.54, 1.807) is 0 Å². The van der Waals surface area contributed by atoms with E-state index in [0.717, 1.165) is 38.6 Å². The molecule has 0 atom stereocenters. The number of carbonyl (C=O) groups excluding carboxylic acids is 1. The molecule has 1 aromatic heterocycles. The number of H-pyrrole nitrogens is 1. The summed E-state index contributed by atoms with van der Waals surface area (Å²) in [5.41, 5.74) is 0. The maximum absolute atomic E-state index is 10.2. The Morgan fingerprint density at radius 3 is 2.17 bits per heavy atom. The molecule has 5 heteroatoms. The summed E-state index contributed by atoms with van der Waals surface area (Å²) in [7, 11) is 2.08. The smallest absolute Gasteiger partial charge is 0.255 e. The minimum atomic E-state index is 0. The molecule has 134 valence electrons. The number of hydrogen-bond donors (Lipinski definition) is 2. The summed E-state index contributed by atoms with van der Waals surface area (Å²) in [6, 6.07) is 0. The molecule has 1 heterocycles. The molecule has 23 heavy (non-hydrogen) atoms. The van der Waals surface area contributed by atoms with Crippen LogP contribution in [0.3, 0.4) is 0 Å². The van der Waals surface area contributed by atoms with Crippen LogP contribution in [0.25, 0.3) is 0 Å². The number of aromatic nitrogens is 2. The largest absolute Gasteiger partial charge is 1.00 e. The van der Waals surface area contributed by atoms with Crippen LogP contribution in [-0.2, 0) is 18.3 Å². The number of aryl methyl sites for hydroxylation is 1. The average Bonchev–Trinajstić information content (AvgIpc) is 2.93. The fraction of sp³-hybridized carbons (Fsp3) is 0.778. The Bertz CT molecular complexity index is 382. The molecule has 1 aromatic rings. The Kier molecular flexibility index (Phi) is 15.4. The van der Waals surface area contributed by atoms with Gasteiger partial charge in [0.2, 0.25) is 0 Å². The van der Waals surface area contributed by atoms with E-state index in [4.69, 9.17) is 0 Å². The molecule has 2 N–H and O–H groups in total. The molecular weight excluding hydrogens is 310 g/mol. The standard InChI is InChI=1S/C18H33N3O.ClH/c1-21-16-15-20-18(21)12-14-19-13-10-8-6-4-2-3-5-7-9-11-17-22;/h15-17,19H,2-14H2,1H3;1H. The third-order valence-electron chi connectivity index (χ3n) is 4.19. The van der Waals surface area contributed by atoms with Gasteiger partial charge in [0.05, 0.1) is 13.5 Å². The third kappa shape index (κ3) is 12.2. The molecule has 0 saturated carbocycles. The summed E-state index contributed by atoms with van der Waals surface area (Å²) in [6.07, 6.45) is 18.5. The highest BCUT2D eigenvalue weighted by molar-refractivity contribution is 5.48. The lowest BCUT2D eigenvalue weighted by Gasteiger charge is -2.04. The van der Waals surface area contributed by atoms with E-state index in [-0.39, 0.29) is 12.4 Å². The summed E-state index contributed by atoms with van der Waals surface area (Å²) in [5, 5.41) is 3.52. The van der Waals surface area contributed by atoms with Crippen LogP contribution in [0.2, 0.25) is 0 Å². The minimum absolute atomic E-state index is 0. The first-order chi connectivity index (χ1) is 10.8. The van der Waals surface area contributed by atoms with Crippen LogP contribution in [0.5, 0.6) is 0 Å². The second-order valence-electron chi connectivity index (χ2n) is 6.15. The number of rotatable bonds is 15. The molecule has 0 aliphatic rings. The van der Waals surface area contributed by atoms with Crippen molar-refractivity contribution in [3.05, 3.63) is 18.2 Å². The second-order valence-corrected chi connectivity index (χ2v) is 6.15. The van der Waals surface area contributed by atoms with Gasteiger partial charge in [-0.15, -0.1) is 0 Å². The summed E-state index contributed by atoms with van der Waals surface area (Å²) in [6.45, 7) is 2.19. The van der Waals surface area contributed by atoms with Crippen molar-refractivity contribution in [2.24, 2.45) is 7.05 Å². The number of imidazole rings is 1. The number of nitrogens with zero attached hydrogens (tertiary/aromatic N) is 1. The molecule has 0 amide bonds. The van der Waals surface area contributed by atoms with Crippen LogP contribution < -0.4 is 22.3 Å². The van der Waals surface area contributed by atoms with Crippen LogP contribution in [0.4, 0.5) is 0 Å². The van der Waals surface area contributed by atoms with Crippen LogP contribution in [0.1, 0.15) is 70.0 Å². The maximum Gasteiger partial charge on any atom is 0.255 e. The minimum Gasteiger partial charge on any atom is -1.00 e. The normalized spacial score (nSPS) is 10.5. The van der Waals surface area contributed by atoms with E-state index in [9.17, 15) is 4.79 Å². The molecule has 0 bridgehead atoms. The molecule has 0 fully saturated rings. The van der Waals surface area contributed by atoms with Crippen molar-refractivity contribution in [2.45, 2.75) is 70.6 Å². The highest BCUT2D eigenvalue weighted by Crippen LogP contribution is 2.09. The van der Waals surface area contributed by atoms with Crippen LogP contribution in [0.15, 0.2) is 12.4 Å². The third-order valence-corrected chi connectivity index (χ3v) is 4.19. The highest BCUT2D eigenvalue weighted by Gasteiger charge is 2.04. The zero-order valence-corrected chi connectivity index (χ0v) is 15.4. The zero-order valence-electron chi connectivity index (χ0n) is 14.7. The Morgan fingerprint density at radius 2 is 1.61 bits per heavy atom. The van der Waals surface area contributed by atoms with Crippen molar-refractivity contribution in [3.8, 4) is 0 Å². The Balaban J connectivity index is 0.00000484. The van der Waals surface area contributed by atoms with Gasteiger partial charge in [0.15, 0.2) is 0 Å². The Labute approximate surface area is 147 Å². The van der Waals surface area contributed by atoms with Gasteiger partial charge in [0.1, 0.15) is 18.7 Å². The highest BCUT2D eigenvalue weighted by atomic mass is 35.5. The molecule has 0 spiro atoms. The molecule has 0 aliphatic heterocycles. The monoisotopic (exact) mass is 343 g/mol. The number of aldehydes is 1.